The van der Waals surface area contributed by atoms with E-state index in [2.05, 4.69) is 0 Å². The third kappa shape index (κ3) is 13.1. The summed E-state index contributed by atoms with van der Waals surface area (Å²) in [6.07, 6.45) is 0.577. The minimum atomic E-state index is -1.31. The average Bonchev–Trinajstić information content (AvgIpc) is 2.84. The van der Waals surface area contributed by atoms with Crippen LogP contribution in [0.1, 0.15) is 0 Å². The van der Waals surface area contributed by atoms with E-state index < -0.39 is 55.7 Å². The molecular formula is C20H31FN2O12. The number of ether oxygens (including phenoxy) is 8. The first-order chi connectivity index (χ1) is 16.9. The number of carbonyl (C=O) groups is 2. The number of halogens is 1. The maximum atomic E-state index is 14.0. The lowest BCUT2D eigenvalue weighted by Crippen LogP contribution is -2.42. The van der Waals surface area contributed by atoms with Crippen LogP contribution in [0, 0.1) is 5.82 Å². The van der Waals surface area contributed by atoms with Crippen molar-refractivity contribution >= 4 is 11.9 Å². The first kappa shape index (κ1) is 30.3. The van der Waals surface area contributed by atoms with Crippen molar-refractivity contribution in [3.8, 4) is 0 Å². The van der Waals surface area contributed by atoms with Crippen molar-refractivity contribution in [3.63, 3.8) is 0 Å². The van der Waals surface area contributed by atoms with E-state index in [-0.39, 0.29) is 26.4 Å². The monoisotopic (exact) mass is 510 g/mol. The number of nitrogens with zero attached hydrogens (tertiary/aromatic N) is 2. The van der Waals surface area contributed by atoms with Gasteiger partial charge in [-0.25, -0.2) is 19.0 Å². The van der Waals surface area contributed by atoms with Crippen molar-refractivity contribution in [2.24, 2.45) is 0 Å². The Hall–Kier alpha value is -2.69. The van der Waals surface area contributed by atoms with Crippen LogP contribution in [0.4, 0.5) is 4.39 Å². The highest BCUT2D eigenvalue weighted by molar-refractivity contribution is 5.70. The van der Waals surface area contributed by atoms with Crippen molar-refractivity contribution in [2.45, 2.75) is 13.5 Å². The lowest BCUT2D eigenvalue weighted by Gasteiger charge is -2.12. The fraction of sp³-hybridized carbons (Fsp3) is 0.700. The Kier molecular flexibility index (Phi) is 16.1. The van der Waals surface area contributed by atoms with Crippen LogP contribution < -0.4 is 11.2 Å². The minimum Gasteiger partial charge on any atom is -0.442 e. The fourth-order valence-corrected chi connectivity index (χ4v) is 2.22. The van der Waals surface area contributed by atoms with Crippen molar-refractivity contribution in [1.82, 2.24) is 9.13 Å². The maximum absolute atomic E-state index is 14.0. The van der Waals surface area contributed by atoms with Gasteiger partial charge in [-0.15, -0.1) is 0 Å². The summed E-state index contributed by atoms with van der Waals surface area (Å²) < 4.78 is 54.5. The number of rotatable bonds is 20. The van der Waals surface area contributed by atoms with Gasteiger partial charge in [-0.2, -0.15) is 4.39 Å². The molecule has 0 bridgehead atoms. The Morgan fingerprint density at radius 1 is 0.743 bits per heavy atom. The Balaban J connectivity index is 2.45. The predicted molar refractivity (Wildman–Crippen MR) is 114 cm³/mol. The lowest BCUT2D eigenvalue weighted by atomic mass is 10.6. The van der Waals surface area contributed by atoms with E-state index in [0.717, 1.165) is 0 Å². The van der Waals surface area contributed by atoms with E-state index in [9.17, 15) is 23.6 Å². The van der Waals surface area contributed by atoms with E-state index in [1.807, 2.05) is 0 Å². The van der Waals surface area contributed by atoms with Gasteiger partial charge in [0.25, 0.3) is 5.56 Å². The second-order valence-corrected chi connectivity index (χ2v) is 6.57. The van der Waals surface area contributed by atoms with Crippen molar-refractivity contribution in [3.05, 3.63) is 32.9 Å². The Labute approximate surface area is 200 Å². The first-order valence-corrected chi connectivity index (χ1v) is 10.5. The summed E-state index contributed by atoms with van der Waals surface area (Å²) in [5, 5.41) is 0. The highest BCUT2D eigenvalue weighted by Gasteiger charge is 2.14. The molecule has 0 atom stereocenters. The zero-order valence-corrected chi connectivity index (χ0v) is 19.7. The molecule has 0 spiro atoms. The average molecular weight is 510 g/mol. The van der Waals surface area contributed by atoms with Gasteiger partial charge in [0.15, 0.2) is 13.5 Å². The van der Waals surface area contributed by atoms with E-state index in [0.29, 0.717) is 41.8 Å². The Bertz CT molecular complexity index is 873. The van der Waals surface area contributed by atoms with Crippen LogP contribution in [-0.2, 0) is 60.9 Å². The van der Waals surface area contributed by atoms with Gasteiger partial charge in [0.2, 0.25) is 5.82 Å². The van der Waals surface area contributed by atoms with Crippen LogP contribution in [0.5, 0.6) is 0 Å². The van der Waals surface area contributed by atoms with Crippen molar-refractivity contribution in [2.75, 3.05) is 80.3 Å². The summed E-state index contributed by atoms with van der Waals surface area (Å²) in [6.45, 7) is -0.198. The number of aromatic nitrogens is 2. The molecule has 0 unspecified atom stereocenters. The van der Waals surface area contributed by atoms with E-state index >= 15 is 0 Å². The largest absolute Gasteiger partial charge is 0.442 e. The molecule has 0 N–H and O–H groups in total. The first-order valence-electron chi connectivity index (χ1n) is 10.5. The summed E-state index contributed by atoms with van der Waals surface area (Å²) in [5.74, 6) is -3.04. The summed E-state index contributed by atoms with van der Waals surface area (Å²) in [6, 6.07) is 0. The van der Waals surface area contributed by atoms with Crippen LogP contribution >= 0.6 is 0 Å². The molecule has 0 aliphatic heterocycles. The SMILES string of the molecule is COCCOCCOCC(=O)OCn1cc(F)c(=O)n(COC(=O)COCCOCCOC)c1=O. The molecule has 14 nitrogen and oxygen atoms in total. The third-order valence-electron chi connectivity index (χ3n) is 3.96. The third-order valence-corrected chi connectivity index (χ3v) is 3.96. The van der Waals surface area contributed by atoms with Gasteiger partial charge in [0.1, 0.15) is 13.2 Å². The van der Waals surface area contributed by atoms with E-state index in [1.165, 1.54) is 14.2 Å². The molecule has 0 aliphatic carbocycles. The van der Waals surface area contributed by atoms with Crippen LogP contribution in [0.3, 0.4) is 0 Å². The number of methoxy groups -OCH3 is 2. The summed E-state index contributed by atoms with van der Waals surface area (Å²) in [4.78, 5) is 47.8. The molecule has 1 aromatic rings. The van der Waals surface area contributed by atoms with Crippen LogP contribution in [-0.4, -0.2) is 101 Å². The van der Waals surface area contributed by atoms with Crippen LogP contribution in [0.15, 0.2) is 15.8 Å². The molecule has 200 valence electrons. The van der Waals surface area contributed by atoms with Gasteiger partial charge >= 0.3 is 17.6 Å². The molecule has 0 radical (unpaired) electrons. The summed E-state index contributed by atoms with van der Waals surface area (Å²) in [5.41, 5.74) is -2.37. The van der Waals surface area contributed by atoms with E-state index in [1.54, 1.807) is 0 Å². The smallest absolute Gasteiger partial charge is 0.336 e. The highest BCUT2D eigenvalue weighted by atomic mass is 19.1. The number of carbonyl (C=O) groups excluding carboxylic acids is 2. The Morgan fingerprint density at radius 3 is 1.71 bits per heavy atom. The molecule has 0 aromatic carbocycles. The van der Waals surface area contributed by atoms with Crippen molar-refractivity contribution in [1.29, 1.82) is 0 Å². The normalized spacial score (nSPS) is 10.9. The van der Waals surface area contributed by atoms with Gasteiger partial charge in [0, 0.05) is 14.2 Å². The Morgan fingerprint density at radius 2 is 1.20 bits per heavy atom. The zero-order valence-electron chi connectivity index (χ0n) is 19.7. The van der Waals surface area contributed by atoms with Gasteiger partial charge in [0.05, 0.1) is 59.1 Å². The molecule has 0 amide bonds. The van der Waals surface area contributed by atoms with Crippen molar-refractivity contribution < 1.29 is 51.9 Å². The molecule has 1 rings (SSSR count). The molecule has 35 heavy (non-hydrogen) atoms. The lowest BCUT2D eigenvalue weighted by molar-refractivity contribution is -0.153. The number of hydrogen-bond donors (Lipinski definition) is 0. The number of esters is 2. The quantitative estimate of drug-likeness (QED) is 0.148. The van der Waals surface area contributed by atoms with E-state index in [4.69, 9.17) is 37.9 Å². The summed E-state index contributed by atoms with van der Waals surface area (Å²) in [7, 11) is 3.06. The van der Waals surface area contributed by atoms with Gasteiger partial charge in [-0.1, -0.05) is 0 Å². The van der Waals surface area contributed by atoms with Gasteiger partial charge < -0.3 is 37.9 Å². The second-order valence-electron chi connectivity index (χ2n) is 6.57. The molecule has 0 saturated carbocycles. The van der Waals surface area contributed by atoms with Crippen LogP contribution in [0.2, 0.25) is 0 Å². The topological polar surface area (TPSA) is 152 Å². The molecule has 0 saturated heterocycles. The second kappa shape index (κ2) is 18.6. The zero-order chi connectivity index (χ0) is 25.9. The molecular weight excluding hydrogens is 479 g/mol. The summed E-state index contributed by atoms with van der Waals surface area (Å²) >= 11 is 0. The molecule has 0 aliphatic rings. The minimum absolute atomic E-state index is 0.0987. The van der Waals surface area contributed by atoms with Crippen LogP contribution in [0.25, 0.3) is 0 Å². The predicted octanol–water partition coefficient (Wildman–Crippen LogP) is -1.49. The van der Waals surface area contributed by atoms with Gasteiger partial charge in [-0.3, -0.25) is 9.36 Å². The molecule has 1 aromatic heterocycles. The molecule has 1 heterocycles. The molecule has 0 fully saturated rings. The fourth-order valence-electron chi connectivity index (χ4n) is 2.22. The van der Waals surface area contributed by atoms with Gasteiger partial charge in [-0.05, 0) is 0 Å². The molecule has 15 heteroatoms. The highest BCUT2D eigenvalue weighted by Crippen LogP contribution is 1.92. The standard InChI is InChI=1S/C20H31FN2O12/c1-28-3-5-30-7-9-32-12-17(24)34-14-22-11-16(21)19(26)23(20(22)27)15-35-18(25)13-33-10-8-31-6-4-29-2/h11H,3-10,12-15H2,1-2H3. The maximum Gasteiger partial charge on any atom is 0.336 e. The number of hydrogen-bond acceptors (Lipinski definition) is 12.